The average Bonchev–Trinajstić information content (AvgIpc) is 3.46. The quantitative estimate of drug-likeness (QED) is 0.612. The van der Waals surface area contributed by atoms with Crippen LogP contribution >= 0.6 is 11.3 Å². The normalized spacial score (nSPS) is 22.4. The molecule has 0 aromatic carbocycles. The van der Waals surface area contributed by atoms with Gasteiger partial charge in [-0.1, -0.05) is 19.9 Å². The Morgan fingerprint density at radius 2 is 1.92 bits per heavy atom. The van der Waals surface area contributed by atoms with Gasteiger partial charge in [0.05, 0.1) is 0 Å². The van der Waals surface area contributed by atoms with Crippen LogP contribution in [0.3, 0.4) is 0 Å². The van der Waals surface area contributed by atoms with Crippen molar-refractivity contribution in [2.24, 2.45) is 11.3 Å². The molecule has 2 atom stereocenters. The van der Waals surface area contributed by atoms with E-state index in [2.05, 4.69) is 42.6 Å². The highest BCUT2D eigenvalue weighted by molar-refractivity contribution is 7.09. The number of piperidine rings is 1. The first-order valence-electron chi connectivity index (χ1n) is 11.8. The number of anilines is 1. The first-order chi connectivity index (χ1) is 16.9. The van der Waals surface area contributed by atoms with Crippen molar-refractivity contribution in [1.29, 1.82) is 0 Å². The number of amides is 1. The van der Waals surface area contributed by atoms with Crippen LogP contribution in [0.2, 0.25) is 0 Å². The Bertz CT molecular complexity index is 1020. The number of aliphatic carboxylic acids is 1. The highest BCUT2D eigenvalue weighted by atomic mass is 32.1. The van der Waals surface area contributed by atoms with E-state index in [1.165, 1.54) is 4.88 Å². The van der Waals surface area contributed by atoms with Gasteiger partial charge < -0.3 is 15.3 Å². The summed E-state index contributed by atoms with van der Waals surface area (Å²) in [7, 11) is 0. The predicted molar refractivity (Wildman–Crippen MR) is 131 cm³/mol. The summed E-state index contributed by atoms with van der Waals surface area (Å²) in [6, 6.07) is 4.53. The first kappa shape index (κ1) is 27.9. The van der Waals surface area contributed by atoms with Gasteiger partial charge in [-0.2, -0.15) is 13.2 Å². The zero-order chi connectivity index (χ0) is 26.5. The highest BCUT2D eigenvalue weighted by Crippen LogP contribution is 2.41. The Kier molecular flexibility index (Phi) is 8.93. The second-order valence-electron chi connectivity index (χ2n) is 9.69. The average molecular weight is 528 g/mol. The van der Waals surface area contributed by atoms with Gasteiger partial charge in [-0.3, -0.25) is 9.69 Å². The summed E-state index contributed by atoms with van der Waals surface area (Å²) in [5, 5.41) is 12.6. The number of carbonyl (C=O) groups is 2. The minimum Gasteiger partial charge on any atom is -0.475 e. The number of hydrogen-bond donors (Lipinski definition) is 2. The smallest absolute Gasteiger partial charge is 0.475 e. The fourth-order valence-electron chi connectivity index (χ4n) is 4.60. The van der Waals surface area contributed by atoms with Crippen molar-refractivity contribution >= 4 is 29.2 Å². The van der Waals surface area contributed by atoms with E-state index < -0.39 is 12.1 Å². The Balaban J connectivity index is 0.000000454. The molecule has 2 aliphatic heterocycles. The Morgan fingerprint density at radius 3 is 2.47 bits per heavy atom. The maximum absolute atomic E-state index is 12.5. The lowest BCUT2D eigenvalue weighted by Crippen LogP contribution is -2.60. The molecule has 2 aromatic heterocycles. The highest BCUT2D eigenvalue weighted by Gasteiger charge is 2.49. The topological polar surface area (TPSA) is 98.7 Å². The number of aryl methyl sites for hydroxylation is 1. The minimum atomic E-state index is -5.08. The third kappa shape index (κ3) is 7.16. The number of alkyl halides is 3. The lowest BCUT2D eigenvalue weighted by atomic mass is 9.74. The number of carboxylic acids is 1. The molecule has 2 aliphatic rings. The van der Waals surface area contributed by atoms with Crippen LogP contribution in [0, 0.1) is 18.3 Å². The van der Waals surface area contributed by atoms with Gasteiger partial charge in [0.1, 0.15) is 0 Å². The van der Waals surface area contributed by atoms with Crippen LogP contribution in [0.25, 0.3) is 0 Å². The van der Waals surface area contributed by atoms with Gasteiger partial charge in [-0.25, -0.2) is 14.8 Å². The van der Waals surface area contributed by atoms with Crippen molar-refractivity contribution in [3.05, 3.63) is 40.3 Å². The lowest BCUT2D eigenvalue weighted by molar-refractivity contribution is -0.192. The number of carboxylic acid groups (broad SMARTS) is 1. The first-order valence-corrected chi connectivity index (χ1v) is 12.7. The van der Waals surface area contributed by atoms with Gasteiger partial charge in [0.2, 0.25) is 11.9 Å². The molecule has 4 rings (SSSR count). The molecule has 12 heteroatoms. The Morgan fingerprint density at radius 1 is 1.25 bits per heavy atom. The number of nitrogens with one attached hydrogen (secondary N) is 1. The summed E-state index contributed by atoms with van der Waals surface area (Å²) < 4.78 is 31.7. The maximum atomic E-state index is 12.5. The van der Waals surface area contributed by atoms with E-state index >= 15 is 0 Å². The number of rotatable bonds is 5. The van der Waals surface area contributed by atoms with Crippen LogP contribution in [-0.4, -0.2) is 70.2 Å². The molecule has 4 heterocycles. The summed E-state index contributed by atoms with van der Waals surface area (Å²) in [5.41, 5.74) is 1.11. The molecular formula is C24H32F3N5O3S. The molecule has 0 bridgehead atoms. The van der Waals surface area contributed by atoms with E-state index in [4.69, 9.17) is 9.90 Å². The number of hydrogen-bond acceptors (Lipinski definition) is 7. The predicted octanol–water partition coefficient (Wildman–Crippen LogP) is 3.72. The van der Waals surface area contributed by atoms with E-state index in [-0.39, 0.29) is 23.3 Å². The number of halogens is 3. The molecule has 2 saturated heterocycles. The summed E-state index contributed by atoms with van der Waals surface area (Å²) in [4.78, 5) is 36.8. The van der Waals surface area contributed by atoms with E-state index in [1.54, 1.807) is 0 Å². The molecule has 2 N–H and O–H groups in total. The molecule has 0 saturated carbocycles. The minimum absolute atomic E-state index is 0.00846. The van der Waals surface area contributed by atoms with Gasteiger partial charge in [0, 0.05) is 60.8 Å². The number of nitrogens with zero attached hydrogens (tertiary/aromatic N) is 4. The zero-order valence-corrected chi connectivity index (χ0v) is 21.4. The summed E-state index contributed by atoms with van der Waals surface area (Å²) in [6.45, 7) is 10.8. The molecule has 2 fully saturated rings. The second kappa shape index (κ2) is 11.5. The van der Waals surface area contributed by atoms with Crippen molar-refractivity contribution in [3.8, 4) is 0 Å². The van der Waals surface area contributed by atoms with Crippen LogP contribution < -0.4 is 10.2 Å². The van der Waals surface area contributed by atoms with Crippen molar-refractivity contribution in [2.75, 3.05) is 31.1 Å². The fraction of sp³-hybridized carbons (Fsp3) is 0.583. The van der Waals surface area contributed by atoms with Crippen molar-refractivity contribution in [1.82, 2.24) is 20.2 Å². The van der Waals surface area contributed by atoms with Crippen LogP contribution in [0.4, 0.5) is 19.1 Å². The Labute approximate surface area is 212 Å². The summed E-state index contributed by atoms with van der Waals surface area (Å²) in [6.07, 6.45) is 0.713. The molecule has 1 amide bonds. The van der Waals surface area contributed by atoms with Crippen molar-refractivity contribution in [3.63, 3.8) is 0 Å². The van der Waals surface area contributed by atoms with Crippen LogP contribution in [-0.2, 0) is 16.1 Å². The molecule has 8 nitrogen and oxygen atoms in total. The number of carbonyl (C=O) groups excluding carboxylic acids is 1. The third-order valence-corrected chi connectivity index (χ3v) is 7.35. The van der Waals surface area contributed by atoms with Gasteiger partial charge in [-0.15, -0.1) is 11.3 Å². The standard InChI is InChI=1S/C22H31N5OS.C2HF3O2/c1-16(2)20(28)25-19-6-8-27(21-23-11-17(3)12-24-21)15-22(19)7-9-26(14-22)13-18-5-4-10-29-18;3-2(4,5)1(6)7/h4-5,10-12,16,19H,6-9,13-15H2,1-3H3,(H,25,28);(H,6,7). The van der Waals surface area contributed by atoms with Gasteiger partial charge in [0.25, 0.3) is 0 Å². The Hall–Kier alpha value is -2.73. The third-order valence-electron chi connectivity index (χ3n) is 6.49. The van der Waals surface area contributed by atoms with Crippen LogP contribution in [0.5, 0.6) is 0 Å². The monoisotopic (exact) mass is 527 g/mol. The number of thiophene rings is 1. The SMILES string of the molecule is Cc1cnc(N2CCC(NC(=O)C(C)C)C3(CCN(Cc4cccs4)C3)C2)nc1.O=C(O)C(F)(F)F. The van der Waals surface area contributed by atoms with E-state index in [0.717, 1.165) is 57.1 Å². The molecule has 1 spiro atoms. The lowest BCUT2D eigenvalue weighted by Gasteiger charge is -2.46. The van der Waals surface area contributed by atoms with Gasteiger partial charge in [-0.05, 0) is 43.3 Å². The summed E-state index contributed by atoms with van der Waals surface area (Å²) >= 11 is 1.82. The largest absolute Gasteiger partial charge is 0.490 e. The molecule has 2 aromatic rings. The molecule has 2 unspecified atom stereocenters. The van der Waals surface area contributed by atoms with Gasteiger partial charge >= 0.3 is 12.1 Å². The number of aromatic nitrogens is 2. The molecule has 0 aliphatic carbocycles. The fourth-order valence-corrected chi connectivity index (χ4v) is 5.35. The maximum Gasteiger partial charge on any atom is 0.490 e. The molecular weight excluding hydrogens is 495 g/mol. The van der Waals surface area contributed by atoms with Crippen LogP contribution in [0.15, 0.2) is 29.9 Å². The van der Waals surface area contributed by atoms with Crippen molar-refractivity contribution < 1.29 is 27.9 Å². The van der Waals surface area contributed by atoms with Crippen molar-refractivity contribution in [2.45, 2.75) is 52.4 Å². The molecule has 36 heavy (non-hydrogen) atoms. The van der Waals surface area contributed by atoms with E-state index in [0.29, 0.717) is 0 Å². The zero-order valence-electron chi connectivity index (χ0n) is 20.6. The van der Waals surface area contributed by atoms with Gasteiger partial charge in [0.15, 0.2) is 0 Å². The number of likely N-dealkylation sites (tertiary alicyclic amines) is 1. The van der Waals surface area contributed by atoms with E-state index in [9.17, 15) is 18.0 Å². The molecule has 0 radical (unpaired) electrons. The van der Waals surface area contributed by atoms with E-state index in [1.807, 2.05) is 44.5 Å². The summed E-state index contributed by atoms with van der Waals surface area (Å²) in [5.74, 6) is -1.78. The van der Waals surface area contributed by atoms with Crippen LogP contribution in [0.1, 0.15) is 37.1 Å². The molecule has 198 valence electrons. The second-order valence-corrected chi connectivity index (χ2v) is 10.7.